The summed E-state index contributed by atoms with van der Waals surface area (Å²) in [5.41, 5.74) is 2.76. The molecule has 4 nitrogen and oxygen atoms in total. The van der Waals surface area contributed by atoms with Crippen molar-refractivity contribution in [2.75, 3.05) is 36.5 Å². The molecule has 3 rings (SSSR count). The molecular weight excluding hydrogens is 228 g/mol. The lowest BCUT2D eigenvalue weighted by molar-refractivity contribution is -0.119. The van der Waals surface area contributed by atoms with Gasteiger partial charge in [0, 0.05) is 13.1 Å². The number of amides is 1. The van der Waals surface area contributed by atoms with Gasteiger partial charge in [0.25, 0.3) is 0 Å². The molecule has 0 atom stereocenters. The van der Waals surface area contributed by atoms with Crippen LogP contribution in [0.25, 0.3) is 0 Å². The van der Waals surface area contributed by atoms with Gasteiger partial charge in [-0.1, -0.05) is 12.1 Å². The Labute approximate surface area is 107 Å². The second-order valence-corrected chi connectivity index (χ2v) is 5.38. The first kappa shape index (κ1) is 11.5. The summed E-state index contributed by atoms with van der Waals surface area (Å²) in [5.74, 6) is 0.0817. The Morgan fingerprint density at radius 2 is 2.00 bits per heavy atom. The maximum absolute atomic E-state index is 12.0. The third kappa shape index (κ3) is 1.60. The van der Waals surface area contributed by atoms with E-state index in [0.29, 0.717) is 0 Å². The van der Waals surface area contributed by atoms with Crippen LogP contribution in [-0.2, 0) is 14.9 Å². The first-order valence-electron chi connectivity index (χ1n) is 6.38. The van der Waals surface area contributed by atoms with Gasteiger partial charge in [0.05, 0.1) is 30.0 Å². The topological polar surface area (TPSA) is 41.6 Å². The average Bonchev–Trinajstić information content (AvgIpc) is 2.62. The molecule has 2 aliphatic rings. The van der Waals surface area contributed by atoms with Crippen LogP contribution in [0.15, 0.2) is 18.2 Å². The Balaban J connectivity index is 2.04. The molecule has 1 amide bonds. The van der Waals surface area contributed by atoms with Gasteiger partial charge in [-0.25, -0.2) is 0 Å². The molecule has 0 saturated carbocycles. The number of morpholine rings is 1. The first-order chi connectivity index (χ1) is 8.60. The molecule has 96 valence electrons. The monoisotopic (exact) mass is 246 g/mol. The standard InChI is InChI=1S/C14H18N2O2/c1-14(2)10-4-3-5-11(12(10)15-13(14)17)16-6-8-18-9-7-16/h3-5H,6-9H2,1-2H3,(H,15,17). The van der Waals surface area contributed by atoms with Gasteiger partial charge in [-0.3, -0.25) is 4.79 Å². The van der Waals surface area contributed by atoms with E-state index in [0.717, 1.165) is 43.2 Å². The van der Waals surface area contributed by atoms with Crippen LogP contribution in [0.2, 0.25) is 0 Å². The summed E-state index contributed by atoms with van der Waals surface area (Å²) in [5, 5.41) is 3.03. The number of nitrogens with one attached hydrogen (secondary N) is 1. The molecule has 2 aliphatic heterocycles. The Bertz CT molecular complexity index is 491. The number of hydrogen-bond donors (Lipinski definition) is 1. The van der Waals surface area contributed by atoms with E-state index < -0.39 is 5.41 Å². The number of rotatable bonds is 1. The van der Waals surface area contributed by atoms with Gasteiger partial charge in [0.1, 0.15) is 0 Å². The van der Waals surface area contributed by atoms with Crippen LogP contribution in [0, 0.1) is 0 Å². The Morgan fingerprint density at radius 1 is 1.28 bits per heavy atom. The fourth-order valence-electron chi connectivity index (χ4n) is 2.65. The number of fused-ring (bicyclic) bond motifs is 1. The van der Waals surface area contributed by atoms with Crippen molar-refractivity contribution < 1.29 is 9.53 Å². The smallest absolute Gasteiger partial charge is 0.234 e. The van der Waals surface area contributed by atoms with Crippen molar-refractivity contribution in [2.24, 2.45) is 0 Å². The van der Waals surface area contributed by atoms with Crippen molar-refractivity contribution >= 4 is 17.3 Å². The number of hydrogen-bond acceptors (Lipinski definition) is 3. The highest BCUT2D eigenvalue weighted by Gasteiger charge is 2.40. The normalized spacial score (nSPS) is 21.7. The van der Waals surface area contributed by atoms with E-state index in [1.807, 2.05) is 26.0 Å². The molecule has 1 aromatic rings. The van der Waals surface area contributed by atoms with E-state index in [2.05, 4.69) is 16.3 Å². The average molecular weight is 246 g/mol. The van der Waals surface area contributed by atoms with Crippen LogP contribution >= 0.6 is 0 Å². The lowest BCUT2D eigenvalue weighted by Gasteiger charge is -2.30. The number of ether oxygens (including phenoxy) is 1. The molecule has 1 saturated heterocycles. The molecule has 1 aromatic carbocycles. The first-order valence-corrected chi connectivity index (χ1v) is 6.38. The van der Waals surface area contributed by atoms with Crippen LogP contribution in [-0.4, -0.2) is 32.2 Å². The zero-order valence-corrected chi connectivity index (χ0v) is 10.8. The van der Waals surface area contributed by atoms with Gasteiger partial charge in [0.15, 0.2) is 0 Å². The van der Waals surface area contributed by atoms with Crippen molar-refractivity contribution in [3.63, 3.8) is 0 Å². The molecule has 1 fully saturated rings. The number of carbonyl (C=O) groups is 1. The fraction of sp³-hybridized carbons (Fsp3) is 0.500. The SMILES string of the molecule is CC1(C)C(=O)Nc2c(N3CCOCC3)cccc21. The second kappa shape index (κ2) is 3.99. The fourth-order valence-corrected chi connectivity index (χ4v) is 2.65. The molecule has 2 heterocycles. The minimum Gasteiger partial charge on any atom is -0.378 e. The van der Waals surface area contributed by atoms with Crippen LogP contribution in [0.1, 0.15) is 19.4 Å². The molecule has 0 bridgehead atoms. The number of anilines is 2. The minimum absolute atomic E-state index is 0.0817. The van der Waals surface area contributed by atoms with E-state index in [1.54, 1.807) is 0 Å². The van der Waals surface area contributed by atoms with Crippen LogP contribution in [0.5, 0.6) is 0 Å². The van der Waals surface area contributed by atoms with Crippen molar-refractivity contribution in [2.45, 2.75) is 19.3 Å². The number of para-hydroxylation sites is 1. The molecule has 0 aromatic heterocycles. The summed E-state index contributed by atoms with van der Waals surface area (Å²) in [7, 11) is 0. The highest BCUT2D eigenvalue weighted by atomic mass is 16.5. The number of benzene rings is 1. The van der Waals surface area contributed by atoms with Crippen molar-refractivity contribution in [1.29, 1.82) is 0 Å². The van der Waals surface area contributed by atoms with E-state index in [1.165, 1.54) is 0 Å². The van der Waals surface area contributed by atoms with Gasteiger partial charge in [-0.2, -0.15) is 0 Å². The maximum Gasteiger partial charge on any atom is 0.234 e. The third-order valence-corrected chi connectivity index (χ3v) is 3.87. The van der Waals surface area contributed by atoms with Gasteiger partial charge in [0.2, 0.25) is 5.91 Å². The zero-order chi connectivity index (χ0) is 12.8. The molecule has 0 spiro atoms. The van der Waals surface area contributed by atoms with Crippen LogP contribution in [0.3, 0.4) is 0 Å². The summed E-state index contributed by atoms with van der Waals surface area (Å²) in [6.07, 6.45) is 0. The van der Waals surface area contributed by atoms with Crippen molar-refractivity contribution in [3.05, 3.63) is 23.8 Å². The van der Waals surface area contributed by atoms with E-state index >= 15 is 0 Å². The quantitative estimate of drug-likeness (QED) is 0.821. The summed E-state index contributed by atoms with van der Waals surface area (Å²) in [6, 6.07) is 6.15. The summed E-state index contributed by atoms with van der Waals surface area (Å²) >= 11 is 0. The largest absolute Gasteiger partial charge is 0.378 e. The Kier molecular flexibility index (Phi) is 2.55. The van der Waals surface area contributed by atoms with Gasteiger partial charge >= 0.3 is 0 Å². The molecule has 1 N–H and O–H groups in total. The summed E-state index contributed by atoms with van der Waals surface area (Å²) < 4.78 is 5.37. The highest BCUT2D eigenvalue weighted by molar-refractivity contribution is 6.08. The van der Waals surface area contributed by atoms with Crippen LogP contribution in [0.4, 0.5) is 11.4 Å². The third-order valence-electron chi connectivity index (χ3n) is 3.87. The predicted molar refractivity (Wildman–Crippen MR) is 71.1 cm³/mol. The molecule has 4 heteroatoms. The predicted octanol–water partition coefficient (Wildman–Crippen LogP) is 1.75. The minimum atomic E-state index is -0.433. The lowest BCUT2D eigenvalue weighted by Crippen LogP contribution is -2.36. The highest BCUT2D eigenvalue weighted by Crippen LogP contribution is 2.42. The van der Waals surface area contributed by atoms with E-state index in [-0.39, 0.29) is 5.91 Å². The molecule has 0 unspecified atom stereocenters. The molecule has 18 heavy (non-hydrogen) atoms. The Morgan fingerprint density at radius 3 is 2.72 bits per heavy atom. The molecule has 0 aliphatic carbocycles. The van der Waals surface area contributed by atoms with E-state index in [4.69, 9.17) is 4.74 Å². The summed E-state index contributed by atoms with van der Waals surface area (Å²) in [6.45, 7) is 7.20. The zero-order valence-electron chi connectivity index (χ0n) is 10.8. The number of carbonyl (C=O) groups excluding carboxylic acids is 1. The maximum atomic E-state index is 12.0. The lowest BCUT2D eigenvalue weighted by atomic mass is 9.86. The second-order valence-electron chi connectivity index (χ2n) is 5.38. The molecule has 0 radical (unpaired) electrons. The van der Waals surface area contributed by atoms with Crippen molar-refractivity contribution in [1.82, 2.24) is 0 Å². The summed E-state index contributed by atoms with van der Waals surface area (Å²) in [4.78, 5) is 14.3. The van der Waals surface area contributed by atoms with E-state index in [9.17, 15) is 4.79 Å². The molecular formula is C14H18N2O2. The van der Waals surface area contributed by atoms with Gasteiger partial charge in [-0.15, -0.1) is 0 Å². The van der Waals surface area contributed by atoms with Crippen LogP contribution < -0.4 is 10.2 Å². The number of nitrogens with zero attached hydrogens (tertiary/aromatic N) is 1. The Hall–Kier alpha value is -1.55. The van der Waals surface area contributed by atoms with Crippen molar-refractivity contribution in [3.8, 4) is 0 Å². The van der Waals surface area contributed by atoms with Gasteiger partial charge in [-0.05, 0) is 25.5 Å². The van der Waals surface area contributed by atoms with Gasteiger partial charge < -0.3 is 15.0 Å².